The molecule has 0 spiro atoms. The van der Waals surface area contributed by atoms with E-state index in [1.807, 2.05) is 30.3 Å². The number of hydrazine groups is 1. The maximum absolute atomic E-state index is 13.5. The van der Waals surface area contributed by atoms with Crippen LogP contribution in [0.15, 0.2) is 59.8 Å². The van der Waals surface area contributed by atoms with Gasteiger partial charge in [-0.2, -0.15) is 9.69 Å². The number of thioether (sulfide) groups is 1. The first kappa shape index (κ1) is 22.4. The molecule has 33 heavy (non-hydrogen) atoms. The minimum absolute atomic E-state index is 0.173. The Morgan fingerprint density at radius 1 is 1.18 bits per heavy atom. The van der Waals surface area contributed by atoms with E-state index in [9.17, 15) is 18.8 Å². The van der Waals surface area contributed by atoms with Gasteiger partial charge >= 0.3 is 6.03 Å². The number of benzene rings is 2. The lowest BCUT2D eigenvalue weighted by molar-refractivity contribution is -0.138. The molecule has 0 aliphatic carbocycles. The fourth-order valence-corrected chi connectivity index (χ4v) is 4.00. The van der Waals surface area contributed by atoms with E-state index in [0.717, 1.165) is 17.3 Å². The number of aromatic nitrogens is 4. The van der Waals surface area contributed by atoms with Crippen molar-refractivity contribution < 1.29 is 18.8 Å². The van der Waals surface area contributed by atoms with Crippen LogP contribution in [0.1, 0.15) is 18.9 Å². The van der Waals surface area contributed by atoms with Gasteiger partial charge in [0.05, 0.1) is 11.4 Å². The number of rotatable bonds is 8. The Labute approximate surface area is 192 Å². The van der Waals surface area contributed by atoms with E-state index in [0.29, 0.717) is 23.5 Å². The average Bonchev–Trinajstić information content (AvgIpc) is 3.36. The highest BCUT2D eigenvalue weighted by atomic mass is 32.2. The number of nitrogens with zero attached hydrogens (tertiary/aromatic N) is 5. The van der Waals surface area contributed by atoms with Crippen molar-refractivity contribution in [2.75, 3.05) is 5.75 Å². The van der Waals surface area contributed by atoms with Crippen LogP contribution in [0, 0.1) is 5.82 Å². The van der Waals surface area contributed by atoms with Gasteiger partial charge in [0.1, 0.15) is 11.4 Å². The SMILES string of the molecule is C[C@@]1(CCc2ccccc2)NC(=O)N(NC(=O)CSc2nnnn2-c2cccc(F)c2)C1=O. The molecule has 2 heterocycles. The molecule has 1 atom stereocenters. The van der Waals surface area contributed by atoms with Gasteiger partial charge in [-0.1, -0.05) is 48.2 Å². The number of nitrogens with one attached hydrogen (secondary N) is 2. The molecule has 3 aromatic rings. The second-order valence-electron chi connectivity index (χ2n) is 7.57. The van der Waals surface area contributed by atoms with Crippen LogP contribution in [0.2, 0.25) is 0 Å². The Kier molecular flexibility index (Phi) is 6.36. The Morgan fingerprint density at radius 3 is 2.73 bits per heavy atom. The summed E-state index contributed by atoms with van der Waals surface area (Å²) in [5.74, 6) is -1.76. The zero-order valence-electron chi connectivity index (χ0n) is 17.6. The van der Waals surface area contributed by atoms with Gasteiger partial charge in [-0.25, -0.2) is 9.18 Å². The van der Waals surface area contributed by atoms with E-state index in [1.54, 1.807) is 13.0 Å². The number of urea groups is 1. The lowest BCUT2D eigenvalue weighted by Crippen LogP contribution is -2.49. The van der Waals surface area contributed by atoms with Gasteiger partial charge < -0.3 is 5.32 Å². The van der Waals surface area contributed by atoms with Gasteiger partial charge in [0.25, 0.3) is 5.91 Å². The standard InChI is InChI=1S/C21H20FN7O3S/c1-21(11-10-14-6-3-2-4-7-14)18(31)29(19(32)23-21)25-17(30)13-33-20-24-26-27-28(20)16-9-5-8-15(22)12-16/h2-9,12H,10-11,13H2,1H3,(H,23,32)(H,25,30)/t21-/m0/s1. The van der Waals surface area contributed by atoms with E-state index in [1.165, 1.54) is 22.9 Å². The summed E-state index contributed by atoms with van der Waals surface area (Å²) in [6, 6.07) is 14.6. The molecule has 2 aromatic carbocycles. The van der Waals surface area contributed by atoms with Crippen molar-refractivity contribution in [2.45, 2.75) is 30.5 Å². The molecule has 12 heteroatoms. The summed E-state index contributed by atoms with van der Waals surface area (Å²) in [6.07, 6.45) is 0.967. The van der Waals surface area contributed by atoms with Crippen LogP contribution in [0.3, 0.4) is 0 Å². The maximum atomic E-state index is 13.5. The molecule has 1 aliphatic rings. The molecular weight excluding hydrogens is 449 g/mol. The van der Waals surface area contributed by atoms with Crippen molar-refractivity contribution in [1.29, 1.82) is 0 Å². The van der Waals surface area contributed by atoms with Crippen LogP contribution >= 0.6 is 11.8 Å². The van der Waals surface area contributed by atoms with Crippen LogP contribution in [-0.4, -0.2) is 54.4 Å². The van der Waals surface area contributed by atoms with E-state index >= 15 is 0 Å². The third kappa shape index (κ3) is 5.00. The highest BCUT2D eigenvalue weighted by Gasteiger charge is 2.48. The first-order valence-corrected chi connectivity index (χ1v) is 11.0. The van der Waals surface area contributed by atoms with Crippen molar-refractivity contribution in [3.8, 4) is 5.69 Å². The molecule has 1 fully saturated rings. The topological polar surface area (TPSA) is 122 Å². The number of amides is 4. The molecule has 2 N–H and O–H groups in total. The second-order valence-corrected chi connectivity index (χ2v) is 8.51. The Bertz CT molecular complexity index is 1190. The maximum Gasteiger partial charge on any atom is 0.344 e. The van der Waals surface area contributed by atoms with E-state index < -0.39 is 29.2 Å². The number of carbonyl (C=O) groups is 3. The van der Waals surface area contributed by atoms with Gasteiger partial charge in [0.2, 0.25) is 11.1 Å². The lowest BCUT2D eigenvalue weighted by atomic mass is 9.93. The molecule has 4 amide bonds. The molecule has 0 radical (unpaired) electrons. The number of hydrogen-bond acceptors (Lipinski definition) is 7. The molecule has 4 rings (SSSR count). The van der Waals surface area contributed by atoms with Crippen LogP contribution < -0.4 is 10.7 Å². The minimum atomic E-state index is -1.13. The normalized spacial score (nSPS) is 17.8. The summed E-state index contributed by atoms with van der Waals surface area (Å²) in [5, 5.41) is 14.8. The van der Waals surface area contributed by atoms with Gasteiger partial charge in [-0.3, -0.25) is 15.0 Å². The number of imide groups is 1. The fraction of sp³-hybridized carbons (Fsp3) is 0.238. The Balaban J connectivity index is 1.35. The van der Waals surface area contributed by atoms with Crippen molar-refractivity contribution in [2.24, 2.45) is 0 Å². The van der Waals surface area contributed by atoms with E-state index in [-0.39, 0.29) is 10.9 Å². The number of aryl methyl sites for hydroxylation is 1. The van der Waals surface area contributed by atoms with Crippen LogP contribution in [0.25, 0.3) is 5.69 Å². The molecule has 1 saturated heterocycles. The largest absolute Gasteiger partial charge is 0.344 e. The molecular formula is C21H20FN7O3S. The zero-order valence-corrected chi connectivity index (χ0v) is 18.4. The predicted octanol–water partition coefficient (Wildman–Crippen LogP) is 1.87. The third-order valence-electron chi connectivity index (χ3n) is 5.08. The number of carbonyl (C=O) groups excluding carboxylic acids is 3. The summed E-state index contributed by atoms with van der Waals surface area (Å²) in [7, 11) is 0. The summed E-state index contributed by atoms with van der Waals surface area (Å²) in [6.45, 7) is 1.63. The Morgan fingerprint density at radius 2 is 1.97 bits per heavy atom. The van der Waals surface area contributed by atoms with Crippen molar-refractivity contribution >= 4 is 29.6 Å². The summed E-state index contributed by atoms with van der Waals surface area (Å²) < 4.78 is 14.8. The van der Waals surface area contributed by atoms with Gasteiger partial charge in [0, 0.05) is 0 Å². The average molecular weight is 470 g/mol. The number of halogens is 1. The van der Waals surface area contributed by atoms with Gasteiger partial charge in [-0.15, -0.1) is 5.10 Å². The highest BCUT2D eigenvalue weighted by molar-refractivity contribution is 7.99. The summed E-state index contributed by atoms with van der Waals surface area (Å²) in [5.41, 5.74) is 2.64. The molecule has 1 aliphatic heterocycles. The first-order chi connectivity index (χ1) is 15.9. The molecule has 1 aromatic heterocycles. The van der Waals surface area contributed by atoms with Crippen LogP contribution in [-0.2, 0) is 16.0 Å². The monoisotopic (exact) mass is 469 g/mol. The lowest BCUT2D eigenvalue weighted by Gasteiger charge is -2.21. The second kappa shape index (κ2) is 9.36. The highest BCUT2D eigenvalue weighted by Crippen LogP contribution is 2.23. The van der Waals surface area contributed by atoms with Crippen LogP contribution in [0.4, 0.5) is 9.18 Å². The third-order valence-corrected chi connectivity index (χ3v) is 6.00. The number of hydrogen-bond donors (Lipinski definition) is 2. The molecule has 170 valence electrons. The Hall–Kier alpha value is -3.80. The van der Waals surface area contributed by atoms with E-state index in [2.05, 4.69) is 26.3 Å². The smallest absolute Gasteiger partial charge is 0.322 e. The predicted molar refractivity (Wildman–Crippen MR) is 117 cm³/mol. The fourth-order valence-electron chi connectivity index (χ4n) is 3.32. The summed E-state index contributed by atoms with van der Waals surface area (Å²) in [4.78, 5) is 37.6. The van der Waals surface area contributed by atoms with E-state index in [4.69, 9.17) is 0 Å². The zero-order chi connectivity index (χ0) is 23.4. The minimum Gasteiger partial charge on any atom is -0.322 e. The molecule has 10 nitrogen and oxygen atoms in total. The first-order valence-electron chi connectivity index (χ1n) is 10.0. The van der Waals surface area contributed by atoms with Crippen LogP contribution in [0.5, 0.6) is 0 Å². The van der Waals surface area contributed by atoms with Gasteiger partial charge in [0.15, 0.2) is 0 Å². The van der Waals surface area contributed by atoms with Crippen molar-refractivity contribution in [3.05, 3.63) is 66.0 Å². The quantitative estimate of drug-likeness (QED) is 0.381. The summed E-state index contributed by atoms with van der Waals surface area (Å²) >= 11 is 0.978. The van der Waals surface area contributed by atoms with Gasteiger partial charge in [-0.05, 0) is 54.0 Å². The molecule has 0 saturated carbocycles. The molecule has 0 unspecified atom stereocenters. The van der Waals surface area contributed by atoms with Crippen molar-refractivity contribution in [1.82, 2.24) is 36.0 Å². The number of tetrazole rings is 1. The molecule has 0 bridgehead atoms. The van der Waals surface area contributed by atoms with Crippen molar-refractivity contribution in [3.63, 3.8) is 0 Å².